The Labute approximate surface area is 125 Å². The van der Waals surface area contributed by atoms with Gasteiger partial charge in [-0.05, 0) is 30.4 Å². The van der Waals surface area contributed by atoms with Crippen LogP contribution in [-0.4, -0.2) is 19.2 Å². The highest BCUT2D eigenvalue weighted by Crippen LogP contribution is 2.23. The highest BCUT2D eigenvalue weighted by atomic mass is 79.9. The second-order valence-corrected chi connectivity index (χ2v) is 6.32. The number of rotatable bonds is 6. The van der Waals surface area contributed by atoms with Crippen molar-refractivity contribution in [2.24, 2.45) is 5.92 Å². The Morgan fingerprint density at radius 1 is 1.26 bits per heavy atom. The van der Waals surface area contributed by atoms with Gasteiger partial charge in [0.2, 0.25) is 0 Å². The maximum atomic E-state index is 5.73. The van der Waals surface area contributed by atoms with Gasteiger partial charge in [-0.1, -0.05) is 53.9 Å². The third-order valence-electron chi connectivity index (χ3n) is 3.98. The van der Waals surface area contributed by atoms with Crippen molar-refractivity contribution < 1.29 is 4.74 Å². The summed E-state index contributed by atoms with van der Waals surface area (Å²) in [5.41, 5.74) is 1.22. The molecule has 1 fully saturated rings. The van der Waals surface area contributed by atoms with Crippen LogP contribution in [0.2, 0.25) is 0 Å². The first kappa shape index (κ1) is 15.0. The van der Waals surface area contributed by atoms with Crippen LogP contribution in [0.5, 0.6) is 0 Å². The average Bonchev–Trinajstić information content (AvgIpc) is 2.42. The zero-order valence-electron chi connectivity index (χ0n) is 11.7. The van der Waals surface area contributed by atoms with Gasteiger partial charge in [-0.25, -0.2) is 0 Å². The molecule has 2 rings (SSSR count). The normalized spacial score (nSPS) is 23.5. The van der Waals surface area contributed by atoms with Crippen LogP contribution in [0.1, 0.15) is 38.2 Å². The minimum absolute atomic E-state index is 0.684. The summed E-state index contributed by atoms with van der Waals surface area (Å²) < 4.78 is 6.86. The molecule has 1 aliphatic rings. The Kier molecular flexibility index (Phi) is 6.35. The lowest BCUT2D eigenvalue weighted by molar-refractivity contribution is 0.116. The molecule has 106 valence electrons. The summed E-state index contributed by atoms with van der Waals surface area (Å²) in [5.74, 6) is 0.817. The van der Waals surface area contributed by atoms with E-state index in [-0.39, 0.29) is 0 Å². The molecule has 2 nitrogen and oxygen atoms in total. The van der Waals surface area contributed by atoms with Crippen LogP contribution in [0.3, 0.4) is 0 Å². The molecule has 0 heterocycles. The molecule has 0 spiro atoms. The van der Waals surface area contributed by atoms with E-state index in [1.54, 1.807) is 0 Å². The van der Waals surface area contributed by atoms with Crippen LogP contribution in [0, 0.1) is 5.92 Å². The first-order chi connectivity index (χ1) is 9.27. The van der Waals surface area contributed by atoms with Crippen molar-refractivity contribution >= 4 is 15.9 Å². The molecule has 1 saturated carbocycles. The number of hydrogen-bond acceptors (Lipinski definition) is 2. The summed E-state index contributed by atoms with van der Waals surface area (Å²) in [6.45, 7) is 4.78. The van der Waals surface area contributed by atoms with Crippen molar-refractivity contribution in [3.8, 4) is 0 Å². The van der Waals surface area contributed by atoms with Gasteiger partial charge in [0.15, 0.2) is 0 Å². The van der Waals surface area contributed by atoms with E-state index >= 15 is 0 Å². The van der Waals surface area contributed by atoms with Gasteiger partial charge in [0.25, 0.3) is 0 Å². The lowest BCUT2D eigenvalue weighted by atomic mass is 9.86. The van der Waals surface area contributed by atoms with E-state index in [1.165, 1.54) is 31.2 Å². The van der Waals surface area contributed by atoms with E-state index in [1.807, 2.05) is 12.1 Å². The number of nitrogens with one attached hydrogen (secondary N) is 1. The van der Waals surface area contributed by atoms with Gasteiger partial charge in [-0.2, -0.15) is 0 Å². The number of halogens is 1. The second kappa shape index (κ2) is 8.03. The Balaban J connectivity index is 1.61. The lowest BCUT2D eigenvalue weighted by Crippen LogP contribution is -2.38. The van der Waals surface area contributed by atoms with E-state index in [0.29, 0.717) is 12.6 Å². The van der Waals surface area contributed by atoms with Gasteiger partial charge in [-0.3, -0.25) is 0 Å². The zero-order chi connectivity index (χ0) is 13.5. The first-order valence-corrected chi connectivity index (χ1v) is 8.11. The van der Waals surface area contributed by atoms with Crippen LogP contribution in [0.25, 0.3) is 0 Å². The number of benzene rings is 1. The highest BCUT2D eigenvalue weighted by Gasteiger charge is 2.19. The van der Waals surface area contributed by atoms with Crippen LogP contribution in [0.4, 0.5) is 0 Å². The molecule has 2 unspecified atom stereocenters. The molecular weight excluding hydrogens is 302 g/mol. The van der Waals surface area contributed by atoms with Crippen LogP contribution < -0.4 is 5.32 Å². The van der Waals surface area contributed by atoms with Gasteiger partial charge in [0.1, 0.15) is 0 Å². The molecule has 1 aromatic rings. The van der Waals surface area contributed by atoms with E-state index in [4.69, 9.17) is 4.74 Å². The molecule has 19 heavy (non-hydrogen) atoms. The van der Waals surface area contributed by atoms with Crippen LogP contribution in [0.15, 0.2) is 28.7 Å². The molecular formula is C16H24BrNO. The minimum atomic E-state index is 0.684. The predicted molar refractivity (Wildman–Crippen MR) is 83.2 cm³/mol. The largest absolute Gasteiger partial charge is 0.375 e. The van der Waals surface area contributed by atoms with Gasteiger partial charge >= 0.3 is 0 Å². The molecule has 0 bridgehead atoms. The van der Waals surface area contributed by atoms with Crippen molar-refractivity contribution in [2.75, 3.05) is 13.2 Å². The molecule has 0 radical (unpaired) electrons. The van der Waals surface area contributed by atoms with Gasteiger partial charge in [0, 0.05) is 17.1 Å². The second-order valence-electron chi connectivity index (χ2n) is 5.47. The van der Waals surface area contributed by atoms with E-state index in [2.05, 4.69) is 40.3 Å². The Morgan fingerprint density at radius 2 is 2.05 bits per heavy atom. The first-order valence-electron chi connectivity index (χ1n) is 7.32. The molecule has 0 amide bonds. The third kappa shape index (κ3) is 4.90. The fraction of sp³-hybridized carbons (Fsp3) is 0.625. The summed E-state index contributed by atoms with van der Waals surface area (Å²) in [6.07, 6.45) is 5.47. The molecule has 1 aliphatic carbocycles. The molecule has 3 heteroatoms. The SMILES string of the molecule is CC1CCCCC1NCCOCc1ccccc1Br. The van der Waals surface area contributed by atoms with E-state index < -0.39 is 0 Å². The quantitative estimate of drug-likeness (QED) is 0.794. The summed E-state index contributed by atoms with van der Waals surface area (Å²) in [4.78, 5) is 0. The fourth-order valence-corrected chi connectivity index (χ4v) is 3.13. The molecule has 0 aliphatic heterocycles. The molecule has 1 aromatic carbocycles. The van der Waals surface area contributed by atoms with Crippen LogP contribution >= 0.6 is 15.9 Å². The Bertz CT molecular complexity index is 383. The standard InChI is InChI=1S/C16H24BrNO/c1-13-6-2-5-9-16(13)18-10-11-19-12-14-7-3-4-8-15(14)17/h3-4,7-8,13,16,18H,2,5-6,9-12H2,1H3. The molecule has 0 saturated heterocycles. The van der Waals surface area contributed by atoms with Gasteiger partial charge in [-0.15, -0.1) is 0 Å². The summed E-state index contributed by atoms with van der Waals surface area (Å²) in [6, 6.07) is 8.92. The maximum Gasteiger partial charge on any atom is 0.0728 e. The highest BCUT2D eigenvalue weighted by molar-refractivity contribution is 9.10. The fourth-order valence-electron chi connectivity index (χ4n) is 2.73. The molecule has 2 atom stereocenters. The van der Waals surface area contributed by atoms with Crippen LogP contribution in [-0.2, 0) is 11.3 Å². The smallest absolute Gasteiger partial charge is 0.0728 e. The van der Waals surface area contributed by atoms with E-state index in [9.17, 15) is 0 Å². The minimum Gasteiger partial charge on any atom is -0.375 e. The van der Waals surface area contributed by atoms with Crippen molar-refractivity contribution in [2.45, 2.75) is 45.3 Å². The summed E-state index contributed by atoms with van der Waals surface area (Å²) in [7, 11) is 0. The van der Waals surface area contributed by atoms with Gasteiger partial charge in [0.05, 0.1) is 13.2 Å². The predicted octanol–water partition coefficient (Wildman–Crippen LogP) is 4.13. The molecule has 0 aromatic heterocycles. The number of hydrogen-bond donors (Lipinski definition) is 1. The zero-order valence-corrected chi connectivity index (χ0v) is 13.3. The van der Waals surface area contributed by atoms with Crippen molar-refractivity contribution in [1.82, 2.24) is 5.32 Å². The third-order valence-corrected chi connectivity index (χ3v) is 4.75. The molecule has 1 N–H and O–H groups in total. The van der Waals surface area contributed by atoms with E-state index in [0.717, 1.165) is 23.5 Å². The topological polar surface area (TPSA) is 21.3 Å². The van der Waals surface area contributed by atoms with Crippen molar-refractivity contribution in [3.05, 3.63) is 34.3 Å². The lowest BCUT2D eigenvalue weighted by Gasteiger charge is -2.29. The average molecular weight is 326 g/mol. The van der Waals surface area contributed by atoms with Crippen molar-refractivity contribution in [3.63, 3.8) is 0 Å². The monoisotopic (exact) mass is 325 g/mol. The summed E-state index contributed by atoms with van der Waals surface area (Å²) >= 11 is 3.54. The van der Waals surface area contributed by atoms with Gasteiger partial charge < -0.3 is 10.1 Å². The number of ether oxygens (including phenoxy) is 1. The summed E-state index contributed by atoms with van der Waals surface area (Å²) in [5, 5.41) is 3.64. The Hall–Kier alpha value is -0.380. The maximum absolute atomic E-state index is 5.73. The van der Waals surface area contributed by atoms with Crippen molar-refractivity contribution in [1.29, 1.82) is 0 Å². The Morgan fingerprint density at radius 3 is 2.84 bits per heavy atom.